The van der Waals surface area contributed by atoms with Crippen molar-refractivity contribution in [2.45, 2.75) is 38.8 Å². The van der Waals surface area contributed by atoms with Crippen molar-refractivity contribution in [3.63, 3.8) is 0 Å². The molecule has 0 bridgehead atoms. The standard InChI is InChI=1S/C12H22N2O/c1-6-11(15)9-7-14(5)8-10(9)12(2,3)13-4/h7-8,11,13,15H,6H2,1-5H3. The molecule has 3 nitrogen and oxygen atoms in total. The Morgan fingerprint density at radius 3 is 2.53 bits per heavy atom. The normalized spacial score (nSPS) is 14.3. The van der Waals surface area contributed by atoms with E-state index in [9.17, 15) is 5.11 Å². The summed E-state index contributed by atoms with van der Waals surface area (Å²) >= 11 is 0. The van der Waals surface area contributed by atoms with Crippen LogP contribution in [0, 0.1) is 0 Å². The van der Waals surface area contributed by atoms with Crippen LogP contribution in [0.15, 0.2) is 12.4 Å². The van der Waals surface area contributed by atoms with Crippen LogP contribution in [0.1, 0.15) is 44.4 Å². The van der Waals surface area contributed by atoms with Crippen molar-refractivity contribution >= 4 is 0 Å². The lowest BCUT2D eigenvalue weighted by Gasteiger charge is -2.26. The zero-order valence-corrected chi connectivity index (χ0v) is 10.3. The highest BCUT2D eigenvalue weighted by molar-refractivity contribution is 5.32. The Bertz CT molecular complexity index is 328. The number of hydrogen-bond donors (Lipinski definition) is 2. The second-order valence-corrected chi connectivity index (χ2v) is 4.59. The van der Waals surface area contributed by atoms with Gasteiger partial charge in [0, 0.05) is 30.5 Å². The van der Waals surface area contributed by atoms with Crippen LogP contribution in [-0.4, -0.2) is 16.7 Å². The molecule has 0 fully saturated rings. The predicted octanol–water partition coefficient (Wildman–Crippen LogP) is 1.92. The van der Waals surface area contributed by atoms with Gasteiger partial charge in [-0.25, -0.2) is 0 Å². The number of nitrogens with zero attached hydrogens (tertiary/aromatic N) is 1. The van der Waals surface area contributed by atoms with Gasteiger partial charge in [0.25, 0.3) is 0 Å². The Morgan fingerprint density at radius 1 is 1.47 bits per heavy atom. The van der Waals surface area contributed by atoms with Crippen molar-refractivity contribution in [1.29, 1.82) is 0 Å². The summed E-state index contributed by atoms with van der Waals surface area (Å²) in [6, 6.07) is 0. The van der Waals surface area contributed by atoms with Crippen LogP contribution >= 0.6 is 0 Å². The van der Waals surface area contributed by atoms with E-state index in [1.54, 1.807) is 0 Å². The molecule has 0 saturated heterocycles. The zero-order valence-electron chi connectivity index (χ0n) is 10.3. The van der Waals surface area contributed by atoms with E-state index in [0.717, 1.165) is 12.0 Å². The first-order valence-corrected chi connectivity index (χ1v) is 5.45. The summed E-state index contributed by atoms with van der Waals surface area (Å²) in [5.41, 5.74) is 2.09. The average molecular weight is 210 g/mol. The Kier molecular flexibility index (Phi) is 3.58. The van der Waals surface area contributed by atoms with Crippen molar-refractivity contribution < 1.29 is 5.11 Å². The van der Waals surface area contributed by atoms with Gasteiger partial charge in [-0.3, -0.25) is 0 Å². The summed E-state index contributed by atoms with van der Waals surface area (Å²) in [5.74, 6) is 0. The van der Waals surface area contributed by atoms with Crippen molar-refractivity contribution in [1.82, 2.24) is 9.88 Å². The highest BCUT2D eigenvalue weighted by Crippen LogP contribution is 2.29. The fraction of sp³-hybridized carbons (Fsp3) is 0.667. The zero-order chi connectivity index (χ0) is 11.6. The van der Waals surface area contributed by atoms with E-state index in [1.165, 1.54) is 5.56 Å². The minimum atomic E-state index is -0.367. The molecule has 0 aliphatic heterocycles. The molecule has 3 heteroatoms. The summed E-state index contributed by atoms with van der Waals surface area (Å²) < 4.78 is 2.00. The number of aromatic nitrogens is 1. The van der Waals surface area contributed by atoms with Crippen LogP contribution in [0.3, 0.4) is 0 Å². The van der Waals surface area contributed by atoms with Gasteiger partial charge in [0.15, 0.2) is 0 Å². The third-order valence-corrected chi connectivity index (χ3v) is 3.03. The molecule has 1 atom stereocenters. The van der Waals surface area contributed by atoms with Gasteiger partial charge >= 0.3 is 0 Å². The summed E-state index contributed by atoms with van der Waals surface area (Å²) in [4.78, 5) is 0. The van der Waals surface area contributed by atoms with E-state index in [-0.39, 0.29) is 11.6 Å². The molecule has 0 saturated carbocycles. The van der Waals surface area contributed by atoms with Crippen LogP contribution in [0.25, 0.3) is 0 Å². The van der Waals surface area contributed by atoms with E-state index < -0.39 is 0 Å². The highest BCUT2D eigenvalue weighted by Gasteiger charge is 2.25. The van der Waals surface area contributed by atoms with Crippen LogP contribution in [0.4, 0.5) is 0 Å². The molecule has 86 valence electrons. The van der Waals surface area contributed by atoms with Crippen molar-refractivity contribution in [3.05, 3.63) is 23.5 Å². The molecule has 1 unspecified atom stereocenters. The minimum Gasteiger partial charge on any atom is -0.388 e. The van der Waals surface area contributed by atoms with Crippen molar-refractivity contribution in [2.24, 2.45) is 7.05 Å². The summed E-state index contributed by atoms with van der Waals surface area (Å²) in [6.07, 6.45) is 4.46. The first-order chi connectivity index (χ1) is 6.92. The lowest BCUT2D eigenvalue weighted by Crippen LogP contribution is -2.34. The first-order valence-electron chi connectivity index (χ1n) is 5.45. The third kappa shape index (κ3) is 2.41. The number of rotatable bonds is 4. The lowest BCUT2D eigenvalue weighted by molar-refractivity contribution is 0.170. The van der Waals surface area contributed by atoms with Gasteiger partial charge in [0.1, 0.15) is 0 Å². The molecule has 0 radical (unpaired) electrons. The Morgan fingerprint density at radius 2 is 2.07 bits per heavy atom. The molecule has 0 aromatic carbocycles. The predicted molar refractivity (Wildman–Crippen MR) is 62.7 cm³/mol. The molecule has 1 rings (SSSR count). The average Bonchev–Trinajstić information content (AvgIpc) is 2.60. The lowest BCUT2D eigenvalue weighted by atomic mass is 9.91. The van der Waals surface area contributed by atoms with Crippen molar-refractivity contribution in [3.8, 4) is 0 Å². The Balaban J connectivity index is 3.17. The van der Waals surface area contributed by atoms with Gasteiger partial charge in [-0.2, -0.15) is 0 Å². The number of aryl methyl sites for hydroxylation is 1. The summed E-state index contributed by atoms with van der Waals surface area (Å²) in [7, 11) is 3.93. The Labute approximate surface area is 92.1 Å². The van der Waals surface area contributed by atoms with E-state index in [1.807, 2.05) is 31.8 Å². The van der Waals surface area contributed by atoms with E-state index >= 15 is 0 Å². The summed E-state index contributed by atoms with van der Waals surface area (Å²) in [6.45, 7) is 6.23. The van der Waals surface area contributed by atoms with Crippen LogP contribution in [-0.2, 0) is 12.6 Å². The van der Waals surface area contributed by atoms with Gasteiger partial charge in [0.05, 0.1) is 6.10 Å². The highest BCUT2D eigenvalue weighted by atomic mass is 16.3. The number of aliphatic hydroxyl groups excluding tert-OH is 1. The smallest absolute Gasteiger partial charge is 0.0805 e. The first kappa shape index (κ1) is 12.3. The van der Waals surface area contributed by atoms with Crippen LogP contribution < -0.4 is 5.32 Å². The van der Waals surface area contributed by atoms with Crippen LogP contribution in [0.5, 0.6) is 0 Å². The van der Waals surface area contributed by atoms with Gasteiger partial charge in [-0.15, -0.1) is 0 Å². The van der Waals surface area contributed by atoms with E-state index in [0.29, 0.717) is 0 Å². The maximum atomic E-state index is 9.94. The fourth-order valence-corrected chi connectivity index (χ4v) is 1.75. The number of nitrogens with one attached hydrogen (secondary N) is 1. The molecule has 0 aliphatic carbocycles. The van der Waals surface area contributed by atoms with Gasteiger partial charge in [0.2, 0.25) is 0 Å². The molecule has 1 aromatic rings. The molecule has 0 spiro atoms. The monoisotopic (exact) mass is 210 g/mol. The quantitative estimate of drug-likeness (QED) is 0.796. The van der Waals surface area contributed by atoms with E-state index in [2.05, 4.69) is 25.4 Å². The molecular weight excluding hydrogens is 188 g/mol. The topological polar surface area (TPSA) is 37.2 Å². The Hall–Kier alpha value is -0.800. The molecule has 15 heavy (non-hydrogen) atoms. The minimum absolute atomic E-state index is 0.104. The third-order valence-electron chi connectivity index (χ3n) is 3.03. The number of aliphatic hydroxyl groups is 1. The SMILES string of the molecule is CCC(O)c1cn(C)cc1C(C)(C)NC. The van der Waals surface area contributed by atoms with Gasteiger partial charge in [-0.1, -0.05) is 6.92 Å². The van der Waals surface area contributed by atoms with E-state index in [4.69, 9.17) is 0 Å². The largest absolute Gasteiger partial charge is 0.388 e. The van der Waals surface area contributed by atoms with Crippen LogP contribution in [0.2, 0.25) is 0 Å². The number of hydrogen-bond acceptors (Lipinski definition) is 2. The maximum absolute atomic E-state index is 9.94. The summed E-state index contributed by atoms with van der Waals surface area (Å²) in [5, 5.41) is 13.2. The molecule has 0 aliphatic rings. The molecular formula is C12H22N2O. The fourth-order valence-electron chi connectivity index (χ4n) is 1.75. The molecule has 1 aromatic heterocycles. The molecule has 2 N–H and O–H groups in total. The molecule has 1 heterocycles. The van der Waals surface area contributed by atoms with Gasteiger partial charge in [-0.05, 0) is 32.9 Å². The second kappa shape index (κ2) is 4.37. The second-order valence-electron chi connectivity index (χ2n) is 4.59. The van der Waals surface area contributed by atoms with Crippen molar-refractivity contribution in [2.75, 3.05) is 7.05 Å². The molecule has 0 amide bonds. The maximum Gasteiger partial charge on any atom is 0.0805 e. The van der Waals surface area contributed by atoms with Gasteiger partial charge < -0.3 is 15.0 Å².